The Morgan fingerprint density at radius 2 is 1.45 bits per heavy atom. The molecule has 0 unspecified atom stereocenters. The number of nitrogens with one attached hydrogen (secondary N) is 1. The quantitative estimate of drug-likeness (QED) is 0.879. The highest BCUT2D eigenvalue weighted by Gasteiger charge is 2.47. The lowest BCUT2D eigenvalue weighted by Crippen LogP contribution is -2.41. The molecule has 104 valence electrons. The summed E-state index contributed by atoms with van der Waals surface area (Å²) < 4.78 is 0. The lowest BCUT2D eigenvalue weighted by molar-refractivity contribution is 0.423. The fourth-order valence-corrected chi connectivity index (χ4v) is 3.91. The molecular formula is C19H23N. The summed E-state index contributed by atoms with van der Waals surface area (Å²) >= 11 is 0. The monoisotopic (exact) mass is 265 g/mol. The highest BCUT2D eigenvalue weighted by Crippen LogP contribution is 2.44. The first-order valence-corrected chi connectivity index (χ1v) is 7.64. The molecule has 0 saturated carbocycles. The van der Waals surface area contributed by atoms with Crippen molar-refractivity contribution in [3.63, 3.8) is 0 Å². The molecule has 0 radical (unpaired) electrons. The summed E-state index contributed by atoms with van der Waals surface area (Å²) in [6.07, 6.45) is 2.31. The van der Waals surface area contributed by atoms with Gasteiger partial charge >= 0.3 is 0 Å². The molecule has 1 heterocycles. The van der Waals surface area contributed by atoms with Crippen molar-refractivity contribution in [2.75, 3.05) is 0 Å². The van der Waals surface area contributed by atoms with Crippen LogP contribution in [0.4, 0.5) is 0 Å². The predicted octanol–water partition coefficient (Wildman–Crippen LogP) is 4.13. The molecular weight excluding hydrogens is 242 g/mol. The van der Waals surface area contributed by atoms with Crippen molar-refractivity contribution in [2.24, 2.45) is 0 Å². The van der Waals surface area contributed by atoms with Gasteiger partial charge in [0.05, 0.1) is 0 Å². The molecule has 1 aliphatic rings. The van der Waals surface area contributed by atoms with Crippen molar-refractivity contribution in [1.29, 1.82) is 0 Å². The van der Waals surface area contributed by atoms with Crippen LogP contribution in [-0.2, 0) is 5.41 Å². The minimum absolute atomic E-state index is 0.108. The van der Waals surface area contributed by atoms with E-state index < -0.39 is 0 Å². The summed E-state index contributed by atoms with van der Waals surface area (Å²) in [4.78, 5) is 0. The van der Waals surface area contributed by atoms with Crippen LogP contribution in [0.3, 0.4) is 0 Å². The molecule has 2 atom stereocenters. The van der Waals surface area contributed by atoms with E-state index in [0.29, 0.717) is 12.1 Å². The van der Waals surface area contributed by atoms with Gasteiger partial charge in [0.25, 0.3) is 0 Å². The third-order valence-corrected chi connectivity index (χ3v) is 4.69. The van der Waals surface area contributed by atoms with E-state index >= 15 is 0 Å². The summed E-state index contributed by atoms with van der Waals surface area (Å²) in [6, 6.07) is 23.1. The molecule has 0 aromatic heterocycles. The number of hydrogen-bond acceptors (Lipinski definition) is 1. The molecule has 0 aliphatic carbocycles. The van der Waals surface area contributed by atoms with Crippen molar-refractivity contribution in [2.45, 2.75) is 44.2 Å². The van der Waals surface area contributed by atoms with Crippen LogP contribution in [-0.4, -0.2) is 12.1 Å². The van der Waals surface area contributed by atoms with Gasteiger partial charge in [0.2, 0.25) is 0 Å². The second-order valence-electron chi connectivity index (χ2n) is 5.94. The molecule has 0 amide bonds. The average molecular weight is 265 g/mol. The molecule has 1 aliphatic heterocycles. The van der Waals surface area contributed by atoms with E-state index in [2.05, 4.69) is 79.8 Å². The lowest BCUT2D eigenvalue weighted by Gasteiger charge is -2.36. The predicted molar refractivity (Wildman–Crippen MR) is 85.0 cm³/mol. The Morgan fingerprint density at radius 1 is 0.950 bits per heavy atom. The maximum absolute atomic E-state index is 3.79. The Balaban J connectivity index is 2.18. The minimum atomic E-state index is 0.108. The minimum Gasteiger partial charge on any atom is -0.310 e. The molecule has 1 nitrogen and oxygen atoms in total. The first-order valence-electron chi connectivity index (χ1n) is 7.64. The second kappa shape index (κ2) is 5.41. The number of benzene rings is 2. The van der Waals surface area contributed by atoms with Gasteiger partial charge < -0.3 is 5.32 Å². The number of rotatable bonds is 3. The van der Waals surface area contributed by atoms with Gasteiger partial charge in [-0.05, 0) is 30.9 Å². The van der Waals surface area contributed by atoms with Gasteiger partial charge in [0, 0.05) is 17.5 Å². The third kappa shape index (κ3) is 2.06. The fourth-order valence-electron chi connectivity index (χ4n) is 3.91. The van der Waals surface area contributed by atoms with Crippen LogP contribution in [0.1, 0.15) is 37.8 Å². The van der Waals surface area contributed by atoms with Crippen LogP contribution in [0.15, 0.2) is 60.7 Å². The Labute approximate surface area is 122 Å². The van der Waals surface area contributed by atoms with Crippen LogP contribution in [0, 0.1) is 0 Å². The van der Waals surface area contributed by atoms with Gasteiger partial charge in [0.15, 0.2) is 0 Å². The largest absolute Gasteiger partial charge is 0.310 e. The highest BCUT2D eigenvalue weighted by molar-refractivity contribution is 5.43. The van der Waals surface area contributed by atoms with Gasteiger partial charge in [0.1, 0.15) is 0 Å². The highest BCUT2D eigenvalue weighted by atomic mass is 15.0. The van der Waals surface area contributed by atoms with Crippen molar-refractivity contribution < 1.29 is 0 Å². The smallest absolute Gasteiger partial charge is 0.0370 e. The molecule has 3 rings (SSSR count). The van der Waals surface area contributed by atoms with E-state index in [-0.39, 0.29) is 5.41 Å². The molecule has 2 aromatic rings. The zero-order valence-electron chi connectivity index (χ0n) is 12.3. The lowest BCUT2D eigenvalue weighted by atomic mass is 9.68. The maximum atomic E-state index is 3.79. The summed E-state index contributed by atoms with van der Waals surface area (Å²) in [6.45, 7) is 4.59. The Morgan fingerprint density at radius 3 is 1.90 bits per heavy atom. The zero-order valence-corrected chi connectivity index (χ0v) is 12.3. The van der Waals surface area contributed by atoms with E-state index in [9.17, 15) is 0 Å². The van der Waals surface area contributed by atoms with Crippen molar-refractivity contribution in [1.82, 2.24) is 5.32 Å². The SMILES string of the molecule is CC[C@@H]1N[C@H](C)CC1(c1ccccc1)c1ccccc1. The molecule has 2 aromatic carbocycles. The standard InChI is InChI=1S/C19H23N/c1-3-18-19(14-15(2)20-18,16-10-6-4-7-11-16)17-12-8-5-9-13-17/h4-13,15,18,20H,3,14H2,1-2H3/t15-,18+/m1/s1. The average Bonchev–Trinajstić information content (AvgIpc) is 2.87. The van der Waals surface area contributed by atoms with E-state index in [1.54, 1.807) is 0 Å². The second-order valence-corrected chi connectivity index (χ2v) is 5.94. The number of hydrogen-bond donors (Lipinski definition) is 1. The first kappa shape index (κ1) is 13.4. The molecule has 20 heavy (non-hydrogen) atoms. The van der Waals surface area contributed by atoms with Crippen LogP contribution >= 0.6 is 0 Å². The van der Waals surface area contributed by atoms with Crippen molar-refractivity contribution in [3.8, 4) is 0 Å². The Bertz CT molecular complexity index is 507. The summed E-state index contributed by atoms with van der Waals surface area (Å²) in [7, 11) is 0. The first-order chi connectivity index (χ1) is 9.77. The van der Waals surface area contributed by atoms with Crippen molar-refractivity contribution in [3.05, 3.63) is 71.8 Å². The van der Waals surface area contributed by atoms with Gasteiger partial charge in [-0.15, -0.1) is 0 Å². The van der Waals surface area contributed by atoms with E-state index in [0.717, 1.165) is 6.42 Å². The van der Waals surface area contributed by atoms with Gasteiger partial charge in [-0.1, -0.05) is 67.6 Å². The molecule has 1 N–H and O–H groups in total. The van der Waals surface area contributed by atoms with Gasteiger partial charge in [-0.2, -0.15) is 0 Å². The maximum Gasteiger partial charge on any atom is 0.0370 e. The van der Waals surface area contributed by atoms with E-state index in [4.69, 9.17) is 0 Å². The van der Waals surface area contributed by atoms with E-state index in [1.165, 1.54) is 17.5 Å². The fraction of sp³-hybridized carbons (Fsp3) is 0.368. The van der Waals surface area contributed by atoms with Crippen LogP contribution in [0.2, 0.25) is 0 Å². The van der Waals surface area contributed by atoms with Crippen LogP contribution in [0.5, 0.6) is 0 Å². The van der Waals surface area contributed by atoms with Gasteiger partial charge in [-0.25, -0.2) is 0 Å². The summed E-state index contributed by atoms with van der Waals surface area (Å²) in [5.41, 5.74) is 2.99. The molecule has 0 spiro atoms. The molecule has 1 fully saturated rings. The Kier molecular flexibility index (Phi) is 3.62. The normalized spacial score (nSPS) is 24.7. The summed E-state index contributed by atoms with van der Waals surface area (Å²) in [5.74, 6) is 0. The van der Waals surface area contributed by atoms with Crippen LogP contribution in [0.25, 0.3) is 0 Å². The van der Waals surface area contributed by atoms with Crippen LogP contribution < -0.4 is 5.32 Å². The third-order valence-electron chi connectivity index (χ3n) is 4.69. The zero-order chi connectivity index (χ0) is 14.0. The topological polar surface area (TPSA) is 12.0 Å². The van der Waals surface area contributed by atoms with Gasteiger partial charge in [-0.3, -0.25) is 0 Å². The molecule has 0 bridgehead atoms. The van der Waals surface area contributed by atoms with Crippen molar-refractivity contribution >= 4 is 0 Å². The molecule has 1 saturated heterocycles. The molecule has 1 heteroatoms. The Hall–Kier alpha value is -1.60. The summed E-state index contributed by atoms with van der Waals surface area (Å²) in [5, 5.41) is 3.79. The van der Waals surface area contributed by atoms with E-state index in [1.807, 2.05) is 0 Å².